The molecule has 0 bridgehead atoms. The minimum atomic E-state index is -0.879. The highest BCUT2D eigenvalue weighted by atomic mass is 35.5. The molecule has 0 aliphatic carbocycles. The molecule has 2 heterocycles. The van der Waals surface area contributed by atoms with Crippen molar-refractivity contribution in [1.82, 2.24) is 36.0 Å². The Morgan fingerprint density at radius 3 is 2.68 bits per heavy atom. The van der Waals surface area contributed by atoms with Gasteiger partial charge in [-0.15, -0.1) is 10.2 Å². The molecule has 2 aromatic heterocycles. The van der Waals surface area contributed by atoms with Crippen LogP contribution in [-0.2, 0) is 7.05 Å². The maximum absolute atomic E-state index is 14.7. The van der Waals surface area contributed by atoms with Crippen molar-refractivity contribution in [3.63, 3.8) is 0 Å². The van der Waals surface area contributed by atoms with Crippen LogP contribution in [0.5, 0.6) is 0 Å². The Kier molecular flexibility index (Phi) is 5.73. The number of pyridine rings is 1. The normalized spacial score (nSPS) is 11.9. The number of hydroxylamine groups is 1. The predicted octanol–water partition coefficient (Wildman–Crippen LogP) is 3.13. The molecule has 9 nitrogen and oxygen atoms in total. The summed E-state index contributed by atoms with van der Waals surface area (Å²) in [6.07, 6.45) is 1.41. The summed E-state index contributed by atoms with van der Waals surface area (Å²) in [6.45, 7) is 1.52. The van der Waals surface area contributed by atoms with Crippen LogP contribution in [0.2, 0.25) is 10.0 Å². The van der Waals surface area contributed by atoms with Crippen molar-refractivity contribution in [2.75, 3.05) is 0 Å². The van der Waals surface area contributed by atoms with Gasteiger partial charge < -0.3 is 5.32 Å². The highest BCUT2D eigenvalue weighted by Gasteiger charge is 2.20. The molecular weight excluding hydrogens is 412 g/mol. The molecule has 3 rings (SSSR count). The first kappa shape index (κ1) is 19.9. The number of hydrogen-bond acceptors (Lipinski definition) is 6. The van der Waals surface area contributed by atoms with E-state index < -0.39 is 17.9 Å². The summed E-state index contributed by atoms with van der Waals surface area (Å²) in [6, 6.07) is 2.69. The van der Waals surface area contributed by atoms with E-state index in [1.54, 1.807) is 13.1 Å². The molecule has 0 aliphatic heterocycles. The van der Waals surface area contributed by atoms with Crippen molar-refractivity contribution in [2.24, 2.45) is 7.05 Å². The predicted molar refractivity (Wildman–Crippen MR) is 99.3 cm³/mol. The summed E-state index contributed by atoms with van der Waals surface area (Å²) in [7, 11) is 1.60. The van der Waals surface area contributed by atoms with E-state index in [0.29, 0.717) is 21.7 Å². The first-order chi connectivity index (χ1) is 13.3. The van der Waals surface area contributed by atoms with Crippen molar-refractivity contribution in [2.45, 2.75) is 13.0 Å². The Labute approximate surface area is 168 Å². The lowest BCUT2D eigenvalue weighted by atomic mass is 9.99. The fourth-order valence-electron chi connectivity index (χ4n) is 2.62. The summed E-state index contributed by atoms with van der Waals surface area (Å²) in [5.74, 6) is -0.421. The van der Waals surface area contributed by atoms with E-state index in [4.69, 9.17) is 28.4 Å². The average molecular weight is 426 g/mol. The van der Waals surface area contributed by atoms with Gasteiger partial charge in [-0.3, -0.25) is 10.2 Å². The number of aromatic nitrogens is 5. The molecule has 28 heavy (non-hydrogen) atoms. The minimum Gasteiger partial charge on any atom is -0.328 e. The van der Waals surface area contributed by atoms with E-state index in [1.165, 1.54) is 35.5 Å². The molecule has 3 N–H and O–H groups in total. The van der Waals surface area contributed by atoms with Gasteiger partial charge in [-0.25, -0.2) is 14.7 Å². The number of rotatable bonds is 4. The zero-order chi connectivity index (χ0) is 20.4. The van der Waals surface area contributed by atoms with Crippen molar-refractivity contribution in [3.05, 3.63) is 46.0 Å². The molecule has 0 saturated carbocycles. The summed E-state index contributed by atoms with van der Waals surface area (Å²) >= 11 is 12.5. The first-order valence-corrected chi connectivity index (χ1v) is 8.65. The Morgan fingerprint density at radius 2 is 2.07 bits per heavy atom. The quantitative estimate of drug-likeness (QED) is 0.436. The van der Waals surface area contributed by atoms with Crippen LogP contribution in [0.1, 0.15) is 18.7 Å². The smallest absolute Gasteiger partial charge is 0.328 e. The number of nitrogens with one attached hydrogen (secondary N) is 2. The Hall–Kier alpha value is -2.82. The zero-order valence-corrected chi connectivity index (χ0v) is 16.1. The third-order valence-corrected chi connectivity index (χ3v) is 4.34. The molecule has 2 amide bonds. The second-order valence-electron chi connectivity index (χ2n) is 5.81. The number of amides is 2. The van der Waals surface area contributed by atoms with Crippen LogP contribution < -0.4 is 10.8 Å². The molecular formula is C16H14Cl2FN7O2. The van der Waals surface area contributed by atoms with Crippen LogP contribution in [-0.4, -0.2) is 36.4 Å². The number of tetrazole rings is 1. The van der Waals surface area contributed by atoms with Crippen molar-refractivity contribution in [1.29, 1.82) is 0 Å². The van der Waals surface area contributed by atoms with Gasteiger partial charge in [0.2, 0.25) is 5.82 Å². The summed E-state index contributed by atoms with van der Waals surface area (Å²) < 4.78 is 14.7. The first-order valence-electron chi connectivity index (χ1n) is 7.90. The molecule has 1 aromatic carbocycles. The number of urea groups is 1. The summed E-state index contributed by atoms with van der Waals surface area (Å²) in [5.41, 5.74) is 2.68. The van der Waals surface area contributed by atoms with E-state index in [1.807, 2.05) is 0 Å². The van der Waals surface area contributed by atoms with E-state index in [0.717, 1.165) is 0 Å². The monoisotopic (exact) mass is 425 g/mol. The third-order valence-electron chi connectivity index (χ3n) is 3.83. The van der Waals surface area contributed by atoms with Crippen molar-refractivity contribution < 1.29 is 14.4 Å². The number of benzene rings is 1. The fourth-order valence-corrected chi connectivity index (χ4v) is 3.20. The molecule has 0 fully saturated rings. The van der Waals surface area contributed by atoms with Gasteiger partial charge in [0.25, 0.3) is 0 Å². The second-order valence-corrected chi connectivity index (χ2v) is 6.65. The summed E-state index contributed by atoms with van der Waals surface area (Å²) in [4.78, 5) is 16.6. The largest absolute Gasteiger partial charge is 0.339 e. The lowest BCUT2D eigenvalue weighted by molar-refractivity contribution is 0.159. The van der Waals surface area contributed by atoms with Crippen LogP contribution in [0.3, 0.4) is 0 Å². The van der Waals surface area contributed by atoms with Gasteiger partial charge >= 0.3 is 6.03 Å². The van der Waals surface area contributed by atoms with Gasteiger partial charge in [-0.2, -0.15) is 4.80 Å². The third kappa shape index (κ3) is 4.03. The van der Waals surface area contributed by atoms with Crippen LogP contribution in [0.25, 0.3) is 22.5 Å². The van der Waals surface area contributed by atoms with Crippen molar-refractivity contribution >= 4 is 29.2 Å². The second kappa shape index (κ2) is 8.05. The topological polar surface area (TPSA) is 118 Å². The molecule has 0 saturated heterocycles. The zero-order valence-electron chi connectivity index (χ0n) is 14.6. The van der Waals surface area contributed by atoms with E-state index in [2.05, 4.69) is 25.7 Å². The fraction of sp³-hybridized carbons (Fsp3) is 0.188. The molecule has 0 spiro atoms. The maximum atomic E-state index is 14.7. The van der Waals surface area contributed by atoms with Gasteiger partial charge in [-0.1, -0.05) is 23.2 Å². The SMILES string of the molecule is CC(NC(=O)NO)c1ncc(-c2cc(Cl)cc(Cl)c2-c2nnn(C)n2)cc1F. The summed E-state index contributed by atoms with van der Waals surface area (Å²) in [5, 5.41) is 23.4. The Morgan fingerprint density at radius 1 is 1.32 bits per heavy atom. The maximum Gasteiger partial charge on any atom is 0.339 e. The van der Waals surface area contributed by atoms with E-state index in [-0.39, 0.29) is 16.5 Å². The molecule has 146 valence electrons. The molecule has 12 heteroatoms. The number of halogens is 3. The Balaban J connectivity index is 2.07. The lowest BCUT2D eigenvalue weighted by Crippen LogP contribution is -2.35. The molecule has 1 atom stereocenters. The van der Waals surface area contributed by atoms with Crippen LogP contribution in [0, 0.1) is 5.82 Å². The van der Waals surface area contributed by atoms with Gasteiger partial charge in [0.15, 0.2) is 0 Å². The van der Waals surface area contributed by atoms with E-state index in [9.17, 15) is 9.18 Å². The van der Waals surface area contributed by atoms with Gasteiger partial charge in [0.05, 0.1) is 23.8 Å². The highest BCUT2D eigenvalue weighted by molar-refractivity contribution is 6.37. The number of nitrogens with zero attached hydrogens (tertiary/aromatic N) is 5. The highest BCUT2D eigenvalue weighted by Crippen LogP contribution is 2.38. The molecule has 0 radical (unpaired) electrons. The van der Waals surface area contributed by atoms with Crippen LogP contribution in [0.15, 0.2) is 24.4 Å². The van der Waals surface area contributed by atoms with Crippen molar-refractivity contribution in [3.8, 4) is 22.5 Å². The van der Waals surface area contributed by atoms with E-state index >= 15 is 0 Å². The molecule has 3 aromatic rings. The van der Waals surface area contributed by atoms with Gasteiger partial charge in [0.1, 0.15) is 5.82 Å². The minimum absolute atomic E-state index is 0.0142. The lowest BCUT2D eigenvalue weighted by Gasteiger charge is -2.15. The van der Waals surface area contributed by atoms with Crippen LogP contribution in [0.4, 0.5) is 9.18 Å². The standard InChI is InChI=1S/C16H14Cl2FN7O2/c1-7(21-16(27)24-28)14-12(19)3-8(6-20-14)10-4-9(17)5-11(18)13(10)15-22-25-26(2)23-15/h3-7,28H,1-2H3,(H2,21,24,27). The Bertz CT molecular complexity index is 1040. The van der Waals surface area contributed by atoms with Gasteiger partial charge in [-0.05, 0) is 35.9 Å². The molecule has 0 aliphatic rings. The van der Waals surface area contributed by atoms with Gasteiger partial charge in [0, 0.05) is 22.3 Å². The number of hydrogen-bond donors (Lipinski definition) is 3. The number of carbonyl (C=O) groups excluding carboxylic acids is 1. The van der Waals surface area contributed by atoms with Crippen LogP contribution >= 0.6 is 23.2 Å². The average Bonchev–Trinajstić information content (AvgIpc) is 3.06. The number of carbonyl (C=O) groups is 1. The molecule has 1 unspecified atom stereocenters. The number of aryl methyl sites for hydroxylation is 1.